The largest absolute Gasteiger partial charge is 0.573 e. The Morgan fingerprint density at radius 1 is 1.24 bits per heavy atom. The van der Waals surface area contributed by atoms with Gasteiger partial charge in [-0.1, -0.05) is 13.8 Å². The Bertz CT molecular complexity index is 1040. The van der Waals surface area contributed by atoms with Gasteiger partial charge in [-0.3, -0.25) is 4.90 Å². The summed E-state index contributed by atoms with van der Waals surface area (Å²) in [6.45, 7) is 7.16. The summed E-state index contributed by atoms with van der Waals surface area (Å²) in [5, 5.41) is 10.9. The van der Waals surface area contributed by atoms with Gasteiger partial charge in [0.25, 0.3) is 0 Å². The van der Waals surface area contributed by atoms with Crippen LogP contribution in [0.3, 0.4) is 0 Å². The van der Waals surface area contributed by atoms with Crippen LogP contribution >= 0.6 is 0 Å². The number of pyridine rings is 1. The minimum Gasteiger partial charge on any atom is -0.402 e. The smallest absolute Gasteiger partial charge is 0.402 e. The van der Waals surface area contributed by atoms with Gasteiger partial charge in [0.1, 0.15) is 11.9 Å². The van der Waals surface area contributed by atoms with Crippen LogP contribution in [0.25, 0.3) is 11.3 Å². The number of imidazole rings is 1. The number of ether oxygens (including phenoxy) is 2. The van der Waals surface area contributed by atoms with E-state index in [-0.39, 0.29) is 23.3 Å². The van der Waals surface area contributed by atoms with Crippen molar-refractivity contribution in [1.82, 2.24) is 19.4 Å². The van der Waals surface area contributed by atoms with E-state index in [4.69, 9.17) is 10.5 Å². The number of morpholine rings is 1. The quantitative estimate of drug-likeness (QED) is 0.651. The second-order valence-corrected chi connectivity index (χ2v) is 10.00. The molecule has 3 N–H and O–H groups in total. The number of aliphatic hydroxyl groups is 1. The van der Waals surface area contributed by atoms with E-state index in [1.54, 1.807) is 0 Å². The van der Waals surface area contributed by atoms with Gasteiger partial charge in [0.05, 0.1) is 18.9 Å². The molecule has 0 aromatic carbocycles. The molecule has 2 unspecified atom stereocenters. The van der Waals surface area contributed by atoms with Crippen LogP contribution in [0.15, 0.2) is 18.5 Å². The number of nitrogens with two attached hydrogens (primary N) is 1. The van der Waals surface area contributed by atoms with Crippen molar-refractivity contribution >= 4 is 5.82 Å². The monoisotopic (exact) mass is 481 g/mol. The van der Waals surface area contributed by atoms with E-state index in [0.717, 1.165) is 45.6 Å². The first-order valence-electron chi connectivity index (χ1n) is 11.7. The molecular weight excluding hydrogens is 451 g/mol. The van der Waals surface area contributed by atoms with Crippen LogP contribution in [0, 0.1) is 11.8 Å². The molecule has 11 heteroatoms. The van der Waals surface area contributed by atoms with E-state index in [0.29, 0.717) is 23.0 Å². The first-order chi connectivity index (χ1) is 16.1. The maximum Gasteiger partial charge on any atom is 0.573 e. The molecule has 2 aromatic heterocycles. The molecule has 1 aliphatic heterocycles. The Morgan fingerprint density at radius 3 is 2.59 bits per heavy atom. The summed E-state index contributed by atoms with van der Waals surface area (Å²) in [6.07, 6.45) is 0.646. The number of hydrogen-bond donors (Lipinski definition) is 2. The molecule has 4 fully saturated rings. The summed E-state index contributed by atoms with van der Waals surface area (Å²) in [4.78, 5) is 11.1. The Kier molecular flexibility index (Phi) is 5.77. The van der Waals surface area contributed by atoms with Crippen LogP contribution in [0.5, 0.6) is 5.75 Å². The standard InChI is InChI=1S/C23H30F3N5O3/c1-13(2)19(32)21-29-16(14-7-18(20(27)28-11-14)34-23(24,25)26)12-31(21)17-10-22(8-15(17)9-22)30-3-5-33-6-4-30/h7,11-13,15,17,19,32H,3-6,8-10H2,1-2H3,(H2,27,28). The van der Waals surface area contributed by atoms with Gasteiger partial charge in [-0.05, 0) is 37.2 Å². The van der Waals surface area contributed by atoms with Gasteiger partial charge >= 0.3 is 6.36 Å². The van der Waals surface area contributed by atoms with Crippen LogP contribution in [-0.4, -0.2) is 62.7 Å². The third-order valence-corrected chi connectivity index (χ3v) is 7.52. The zero-order valence-corrected chi connectivity index (χ0v) is 19.3. The summed E-state index contributed by atoms with van der Waals surface area (Å²) >= 11 is 0. The second-order valence-electron chi connectivity index (χ2n) is 10.00. The molecule has 0 radical (unpaired) electrons. The average Bonchev–Trinajstić information content (AvgIpc) is 3.45. The van der Waals surface area contributed by atoms with Crippen molar-refractivity contribution in [3.05, 3.63) is 24.3 Å². The fraction of sp³-hybridized carbons (Fsp3) is 0.652. The molecule has 0 amide bonds. The van der Waals surface area contributed by atoms with E-state index in [1.807, 2.05) is 24.6 Å². The van der Waals surface area contributed by atoms with Crippen molar-refractivity contribution in [2.75, 3.05) is 32.0 Å². The molecule has 2 aromatic rings. The molecule has 6 rings (SSSR count). The number of fused-ring (bicyclic) bond motifs is 1. The van der Waals surface area contributed by atoms with Crippen molar-refractivity contribution < 1.29 is 27.8 Å². The maximum atomic E-state index is 12.8. The third-order valence-electron chi connectivity index (χ3n) is 7.52. The van der Waals surface area contributed by atoms with Crippen LogP contribution in [-0.2, 0) is 4.74 Å². The zero-order chi connectivity index (χ0) is 24.3. The highest BCUT2D eigenvalue weighted by molar-refractivity contribution is 5.64. The van der Waals surface area contributed by atoms with Gasteiger partial charge in [-0.15, -0.1) is 13.2 Å². The Labute approximate surface area is 195 Å². The minimum absolute atomic E-state index is 0.0766. The Morgan fingerprint density at radius 2 is 1.94 bits per heavy atom. The number of nitrogen functional groups attached to an aromatic ring is 1. The summed E-state index contributed by atoms with van der Waals surface area (Å²) in [5.74, 6) is -0.00865. The molecule has 186 valence electrons. The summed E-state index contributed by atoms with van der Waals surface area (Å²) < 4.78 is 50.0. The fourth-order valence-electron chi connectivity index (χ4n) is 5.79. The average molecular weight is 482 g/mol. The van der Waals surface area contributed by atoms with Crippen molar-refractivity contribution in [3.63, 3.8) is 0 Å². The molecular formula is C23H30F3N5O3. The second kappa shape index (κ2) is 8.39. The molecule has 4 aliphatic rings. The number of anilines is 1. The molecule has 2 bridgehead atoms. The number of aromatic nitrogens is 3. The Hall–Kier alpha value is -2.37. The molecule has 3 saturated carbocycles. The van der Waals surface area contributed by atoms with Crippen LogP contribution in [0.4, 0.5) is 19.0 Å². The lowest BCUT2D eigenvalue weighted by atomic mass is 9.75. The maximum absolute atomic E-state index is 12.8. The normalized spacial score (nSPS) is 28.2. The third kappa shape index (κ3) is 4.14. The highest BCUT2D eigenvalue weighted by Crippen LogP contribution is 2.61. The molecule has 3 aliphatic carbocycles. The minimum atomic E-state index is -4.88. The van der Waals surface area contributed by atoms with Crippen molar-refractivity contribution in [1.29, 1.82) is 0 Å². The van der Waals surface area contributed by atoms with Crippen molar-refractivity contribution in [3.8, 4) is 17.0 Å². The highest BCUT2D eigenvalue weighted by Gasteiger charge is 2.59. The van der Waals surface area contributed by atoms with E-state index in [2.05, 4.69) is 19.6 Å². The lowest BCUT2D eigenvalue weighted by Crippen LogP contribution is -2.56. The lowest BCUT2D eigenvalue weighted by molar-refractivity contribution is -0.274. The number of nitrogens with zero attached hydrogens (tertiary/aromatic N) is 4. The summed E-state index contributed by atoms with van der Waals surface area (Å²) in [7, 11) is 0. The highest BCUT2D eigenvalue weighted by atomic mass is 19.4. The lowest BCUT2D eigenvalue weighted by Gasteiger charge is -2.49. The van der Waals surface area contributed by atoms with Crippen LogP contribution in [0.2, 0.25) is 0 Å². The summed E-state index contributed by atoms with van der Waals surface area (Å²) in [6, 6.07) is 1.36. The SMILES string of the molecule is CC(C)C(O)c1nc(-c2cnc(N)c(OC(F)(F)F)c2)cn1C1CC2(N3CCOCC3)CC1C2. The molecule has 8 nitrogen and oxygen atoms in total. The fourth-order valence-corrected chi connectivity index (χ4v) is 5.79. The molecule has 3 heterocycles. The summed E-state index contributed by atoms with van der Waals surface area (Å²) in [5.41, 5.74) is 6.52. The van der Waals surface area contributed by atoms with Gasteiger partial charge in [-0.25, -0.2) is 9.97 Å². The van der Waals surface area contributed by atoms with Crippen molar-refractivity contribution in [2.24, 2.45) is 11.8 Å². The topological polar surface area (TPSA) is 98.7 Å². The van der Waals surface area contributed by atoms with Crippen molar-refractivity contribution in [2.45, 2.75) is 57.2 Å². The van der Waals surface area contributed by atoms with Gasteiger partial charge in [0, 0.05) is 42.6 Å². The Balaban J connectivity index is 1.48. The number of halogens is 3. The number of aliphatic hydroxyl groups excluding tert-OH is 1. The predicted molar refractivity (Wildman–Crippen MR) is 118 cm³/mol. The first kappa shape index (κ1) is 23.4. The molecule has 1 saturated heterocycles. The van der Waals surface area contributed by atoms with E-state index in [1.165, 1.54) is 12.3 Å². The number of hydrogen-bond acceptors (Lipinski definition) is 7. The van der Waals surface area contributed by atoms with Gasteiger partial charge in [-0.2, -0.15) is 0 Å². The number of rotatable bonds is 6. The molecule has 2 atom stereocenters. The first-order valence-corrected chi connectivity index (χ1v) is 11.7. The molecule has 0 spiro atoms. The van der Waals surface area contributed by atoms with Gasteiger partial charge < -0.3 is 24.9 Å². The predicted octanol–water partition coefficient (Wildman–Crippen LogP) is 3.54. The van der Waals surface area contributed by atoms with Gasteiger partial charge in [0.15, 0.2) is 11.6 Å². The molecule has 34 heavy (non-hydrogen) atoms. The van der Waals surface area contributed by atoms with E-state index in [9.17, 15) is 18.3 Å². The van der Waals surface area contributed by atoms with E-state index >= 15 is 0 Å². The van der Waals surface area contributed by atoms with Crippen LogP contribution in [0.1, 0.15) is 51.1 Å². The van der Waals surface area contributed by atoms with Gasteiger partial charge in [0.2, 0.25) is 0 Å². The number of alkyl halides is 3. The zero-order valence-electron chi connectivity index (χ0n) is 19.3. The van der Waals surface area contributed by atoms with E-state index < -0.39 is 18.2 Å². The van der Waals surface area contributed by atoms with Crippen LogP contribution < -0.4 is 10.5 Å².